The molecule has 0 aromatic carbocycles. The molecule has 0 saturated carbocycles. The van der Waals surface area contributed by atoms with Gasteiger partial charge in [0.25, 0.3) is 5.91 Å². The van der Waals surface area contributed by atoms with Crippen LogP contribution in [-0.4, -0.2) is 44.9 Å². The van der Waals surface area contributed by atoms with Crippen molar-refractivity contribution in [2.75, 3.05) is 13.6 Å². The summed E-state index contributed by atoms with van der Waals surface area (Å²) < 4.78 is 1.69. The third-order valence-electron chi connectivity index (χ3n) is 4.37. The monoisotopic (exact) mass is 315 g/mol. The van der Waals surface area contributed by atoms with E-state index in [1.165, 1.54) is 6.20 Å². The molecule has 1 aliphatic heterocycles. The number of hydrogen-bond donors (Lipinski definition) is 1. The van der Waals surface area contributed by atoms with Gasteiger partial charge < -0.3 is 10.2 Å². The second-order valence-corrected chi connectivity index (χ2v) is 5.69. The Morgan fingerprint density at radius 3 is 2.96 bits per heavy atom. The fourth-order valence-corrected chi connectivity index (χ4v) is 3.20. The Labute approximate surface area is 134 Å². The maximum atomic E-state index is 12.3. The third-order valence-corrected chi connectivity index (χ3v) is 4.37. The average molecular weight is 315 g/mol. The second-order valence-electron chi connectivity index (χ2n) is 5.69. The van der Waals surface area contributed by atoms with E-state index in [-0.39, 0.29) is 17.9 Å². The largest absolute Gasteiger partial charge is 0.355 e. The Kier molecular flexibility index (Phi) is 4.27. The van der Waals surface area contributed by atoms with Crippen molar-refractivity contribution in [2.24, 2.45) is 0 Å². The van der Waals surface area contributed by atoms with Crippen molar-refractivity contribution in [1.29, 1.82) is 0 Å². The lowest BCUT2D eigenvalue weighted by Gasteiger charge is -2.35. The van der Waals surface area contributed by atoms with Gasteiger partial charge in [-0.1, -0.05) is 6.92 Å². The van der Waals surface area contributed by atoms with Gasteiger partial charge in [0.15, 0.2) is 5.65 Å². The number of aromatic nitrogens is 3. The number of nitrogens with one attached hydrogen (secondary N) is 1. The number of piperidine rings is 1. The van der Waals surface area contributed by atoms with Gasteiger partial charge >= 0.3 is 0 Å². The van der Waals surface area contributed by atoms with Crippen molar-refractivity contribution in [3.63, 3.8) is 0 Å². The van der Waals surface area contributed by atoms with Crippen LogP contribution in [0.2, 0.25) is 0 Å². The first kappa shape index (κ1) is 15.5. The summed E-state index contributed by atoms with van der Waals surface area (Å²) in [6.07, 6.45) is 6.71. The molecule has 3 rings (SSSR count). The van der Waals surface area contributed by atoms with E-state index < -0.39 is 0 Å². The van der Waals surface area contributed by atoms with E-state index in [9.17, 15) is 9.59 Å². The summed E-state index contributed by atoms with van der Waals surface area (Å²) in [6, 6.07) is 1.87. The first-order chi connectivity index (χ1) is 11.2. The van der Waals surface area contributed by atoms with E-state index in [2.05, 4.69) is 15.4 Å². The van der Waals surface area contributed by atoms with E-state index in [1.807, 2.05) is 17.9 Å². The molecule has 0 unspecified atom stereocenters. The Bertz CT molecular complexity index is 739. The number of likely N-dealkylation sites (tertiary alicyclic amines) is 1. The Morgan fingerprint density at radius 1 is 1.39 bits per heavy atom. The maximum Gasteiger partial charge on any atom is 0.256 e. The standard InChI is InChI=1S/C16H21N5O2/c1-3-14(22)20-9-5-4-6-12(20)13-7-8-18-15-11(16(23)17-2)10-19-21(13)15/h7-8,10,12H,3-6,9H2,1-2H3,(H,17,23)/t12-/m1/s1. The van der Waals surface area contributed by atoms with Gasteiger partial charge in [-0.05, 0) is 25.3 Å². The molecule has 2 amide bonds. The topological polar surface area (TPSA) is 79.6 Å². The molecular formula is C16H21N5O2. The van der Waals surface area contributed by atoms with Crippen LogP contribution in [0.4, 0.5) is 0 Å². The Morgan fingerprint density at radius 2 is 2.22 bits per heavy atom. The molecule has 7 heteroatoms. The van der Waals surface area contributed by atoms with Gasteiger partial charge in [-0.25, -0.2) is 9.50 Å². The van der Waals surface area contributed by atoms with Crippen molar-refractivity contribution < 1.29 is 9.59 Å². The van der Waals surface area contributed by atoms with Crippen LogP contribution in [0.1, 0.15) is 54.7 Å². The Balaban J connectivity index is 2.06. The number of fused-ring (bicyclic) bond motifs is 1. The summed E-state index contributed by atoms with van der Waals surface area (Å²) in [4.78, 5) is 30.4. The lowest BCUT2D eigenvalue weighted by Crippen LogP contribution is -2.39. The highest BCUT2D eigenvalue weighted by Crippen LogP contribution is 2.31. The number of amides is 2. The molecule has 0 radical (unpaired) electrons. The molecule has 1 fully saturated rings. The first-order valence-corrected chi connectivity index (χ1v) is 8.01. The van der Waals surface area contributed by atoms with Gasteiger partial charge in [0, 0.05) is 26.2 Å². The minimum Gasteiger partial charge on any atom is -0.355 e. The normalized spacial score (nSPS) is 18.2. The molecule has 1 atom stereocenters. The zero-order valence-electron chi connectivity index (χ0n) is 13.5. The van der Waals surface area contributed by atoms with Crippen LogP contribution in [0.5, 0.6) is 0 Å². The van der Waals surface area contributed by atoms with Crippen LogP contribution in [0.15, 0.2) is 18.5 Å². The highest BCUT2D eigenvalue weighted by molar-refractivity contribution is 5.99. The highest BCUT2D eigenvalue weighted by atomic mass is 16.2. The van der Waals surface area contributed by atoms with E-state index >= 15 is 0 Å². The van der Waals surface area contributed by atoms with Crippen molar-refractivity contribution in [1.82, 2.24) is 24.8 Å². The average Bonchev–Trinajstić information content (AvgIpc) is 3.04. The summed E-state index contributed by atoms with van der Waals surface area (Å²) in [7, 11) is 1.58. The van der Waals surface area contributed by atoms with Gasteiger partial charge in [0.1, 0.15) is 5.56 Å². The highest BCUT2D eigenvalue weighted by Gasteiger charge is 2.29. The number of carbonyl (C=O) groups is 2. The van der Waals surface area contributed by atoms with E-state index in [0.29, 0.717) is 17.6 Å². The number of carbonyl (C=O) groups excluding carboxylic acids is 2. The van der Waals surface area contributed by atoms with Gasteiger partial charge in [0.2, 0.25) is 5.91 Å². The molecule has 0 bridgehead atoms. The quantitative estimate of drug-likeness (QED) is 0.932. The smallest absolute Gasteiger partial charge is 0.256 e. The van der Waals surface area contributed by atoms with Gasteiger partial charge in [-0.15, -0.1) is 0 Å². The summed E-state index contributed by atoms with van der Waals surface area (Å²) in [5, 5.41) is 6.94. The van der Waals surface area contributed by atoms with Gasteiger partial charge in [0.05, 0.1) is 17.9 Å². The zero-order valence-corrected chi connectivity index (χ0v) is 13.5. The van der Waals surface area contributed by atoms with Crippen molar-refractivity contribution in [3.05, 3.63) is 29.7 Å². The minimum atomic E-state index is -0.213. The number of nitrogens with zero attached hydrogens (tertiary/aromatic N) is 4. The minimum absolute atomic E-state index is 0.0147. The molecule has 122 valence electrons. The summed E-state index contributed by atoms with van der Waals surface area (Å²) in [5.74, 6) is -0.0619. The first-order valence-electron chi connectivity index (χ1n) is 8.01. The molecule has 0 aliphatic carbocycles. The van der Waals surface area contributed by atoms with Crippen LogP contribution in [0.3, 0.4) is 0 Å². The fourth-order valence-electron chi connectivity index (χ4n) is 3.20. The molecule has 2 aromatic heterocycles. The van der Waals surface area contributed by atoms with Crippen molar-refractivity contribution in [3.8, 4) is 0 Å². The van der Waals surface area contributed by atoms with Crippen LogP contribution in [0.25, 0.3) is 5.65 Å². The molecule has 2 aromatic rings. The van der Waals surface area contributed by atoms with Crippen LogP contribution in [0, 0.1) is 0 Å². The molecule has 3 heterocycles. The molecule has 1 saturated heterocycles. The summed E-state index contributed by atoms with van der Waals surface area (Å²) in [6.45, 7) is 2.65. The third kappa shape index (κ3) is 2.67. The van der Waals surface area contributed by atoms with Gasteiger partial charge in [-0.2, -0.15) is 5.10 Å². The fraction of sp³-hybridized carbons (Fsp3) is 0.500. The summed E-state index contributed by atoms with van der Waals surface area (Å²) >= 11 is 0. The molecule has 7 nitrogen and oxygen atoms in total. The van der Waals surface area contributed by atoms with Crippen LogP contribution >= 0.6 is 0 Å². The van der Waals surface area contributed by atoms with Crippen LogP contribution in [-0.2, 0) is 4.79 Å². The molecular weight excluding hydrogens is 294 g/mol. The number of rotatable bonds is 3. The Hall–Kier alpha value is -2.44. The molecule has 0 spiro atoms. The molecule has 1 aliphatic rings. The lowest BCUT2D eigenvalue weighted by atomic mass is 9.98. The predicted octanol–water partition coefficient (Wildman–Crippen LogP) is 1.55. The predicted molar refractivity (Wildman–Crippen MR) is 85.0 cm³/mol. The maximum absolute atomic E-state index is 12.3. The lowest BCUT2D eigenvalue weighted by molar-refractivity contribution is -0.134. The van der Waals surface area contributed by atoms with Crippen molar-refractivity contribution in [2.45, 2.75) is 38.6 Å². The molecule has 23 heavy (non-hydrogen) atoms. The van der Waals surface area contributed by atoms with Gasteiger partial charge in [-0.3, -0.25) is 9.59 Å². The SMILES string of the molecule is CCC(=O)N1CCCC[C@@H]1c1ccnc2c(C(=O)NC)cnn12. The second kappa shape index (κ2) is 6.36. The number of hydrogen-bond acceptors (Lipinski definition) is 4. The van der Waals surface area contributed by atoms with Crippen LogP contribution < -0.4 is 5.32 Å². The van der Waals surface area contributed by atoms with E-state index in [4.69, 9.17) is 0 Å². The molecule has 1 N–H and O–H groups in total. The van der Waals surface area contributed by atoms with E-state index in [0.717, 1.165) is 31.5 Å². The van der Waals surface area contributed by atoms with E-state index in [1.54, 1.807) is 17.8 Å². The summed E-state index contributed by atoms with van der Waals surface area (Å²) in [5.41, 5.74) is 1.88. The zero-order chi connectivity index (χ0) is 16.4. The van der Waals surface area contributed by atoms with Crippen molar-refractivity contribution >= 4 is 17.5 Å².